The lowest BCUT2D eigenvalue weighted by Crippen LogP contribution is -1.97. The van der Waals surface area contributed by atoms with Crippen molar-refractivity contribution in [1.29, 1.82) is 0 Å². The van der Waals surface area contributed by atoms with E-state index in [1.165, 1.54) is 0 Å². The van der Waals surface area contributed by atoms with Crippen LogP contribution in [0.15, 0.2) is 18.2 Å². The number of hydrogen-bond acceptors (Lipinski definition) is 3. The Morgan fingerprint density at radius 3 is 2.82 bits per heavy atom. The molecule has 0 radical (unpaired) electrons. The molecule has 1 aromatic rings. The number of rotatable bonds is 2. The Morgan fingerprint density at radius 2 is 2.00 bits per heavy atom. The first-order valence-corrected chi connectivity index (χ1v) is 5.89. The largest absolute Gasteiger partial charge is 0.490 e. The second kappa shape index (κ2) is 6.17. The van der Waals surface area contributed by atoms with Crippen LogP contribution in [0.5, 0.6) is 11.5 Å². The van der Waals surface area contributed by atoms with E-state index in [0.717, 1.165) is 29.9 Å². The molecule has 0 amide bonds. The standard InChI is InChI=1S/C14H16O3/c15-8-3-1-2-5-12-6-7-13-14(11-12)17-10-4-9-16-13/h6-7,11,15H,1,3-4,8-10H2. The van der Waals surface area contributed by atoms with E-state index >= 15 is 0 Å². The van der Waals surface area contributed by atoms with Crippen LogP contribution in [-0.4, -0.2) is 24.9 Å². The van der Waals surface area contributed by atoms with Crippen LogP contribution >= 0.6 is 0 Å². The van der Waals surface area contributed by atoms with Gasteiger partial charge in [-0.25, -0.2) is 0 Å². The summed E-state index contributed by atoms with van der Waals surface area (Å²) in [6.07, 6.45) is 2.34. The van der Waals surface area contributed by atoms with Crippen molar-refractivity contribution in [2.24, 2.45) is 0 Å². The molecule has 1 heterocycles. The third-order valence-corrected chi connectivity index (χ3v) is 2.44. The van der Waals surface area contributed by atoms with Gasteiger partial charge in [-0.15, -0.1) is 0 Å². The maximum Gasteiger partial charge on any atom is 0.162 e. The van der Waals surface area contributed by atoms with E-state index in [2.05, 4.69) is 11.8 Å². The number of aliphatic hydroxyl groups is 1. The molecule has 2 rings (SSSR count). The number of hydrogen-bond donors (Lipinski definition) is 1. The van der Waals surface area contributed by atoms with Gasteiger partial charge in [-0.1, -0.05) is 11.8 Å². The van der Waals surface area contributed by atoms with Crippen LogP contribution in [0.2, 0.25) is 0 Å². The van der Waals surface area contributed by atoms with Gasteiger partial charge in [-0.05, 0) is 24.6 Å². The summed E-state index contributed by atoms with van der Waals surface area (Å²) in [6, 6.07) is 5.74. The maximum atomic E-state index is 8.65. The molecule has 0 spiro atoms. The summed E-state index contributed by atoms with van der Waals surface area (Å²) < 4.78 is 11.1. The smallest absolute Gasteiger partial charge is 0.162 e. The van der Waals surface area contributed by atoms with Gasteiger partial charge in [-0.2, -0.15) is 0 Å². The summed E-state index contributed by atoms with van der Waals surface area (Å²) in [6.45, 7) is 1.58. The molecule has 17 heavy (non-hydrogen) atoms. The molecule has 0 saturated carbocycles. The molecule has 0 bridgehead atoms. The summed E-state index contributed by atoms with van der Waals surface area (Å²) in [7, 11) is 0. The van der Waals surface area contributed by atoms with Crippen molar-refractivity contribution in [3.63, 3.8) is 0 Å². The first kappa shape index (κ1) is 11.8. The second-order valence-electron chi connectivity index (χ2n) is 3.84. The van der Waals surface area contributed by atoms with Crippen LogP contribution in [0, 0.1) is 11.8 Å². The van der Waals surface area contributed by atoms with Gasteiger partial charge in [0.2, 0.25) is 0 Å². The van der Waals surface area contributed by atoms with Gasteiger partial charge in [-0.3, -0.25) is 0 Å². The molecule has 0 saturated heterocycles. The number of aliphatic hydroxyl groups excluding tert-OH is 1. The molecule has 0 atom stereocenters. The fraction of sp³-hybridized carbons (Fsp3) is 0.429. The Labute approximate surface area is 101 Å². The van der Waals surface area contributed by atoms with Crippen molar-refractivity contribution in [1.82, 2.24) is 0 Å². The lowest BCUT2D eigenvalue weighted by Gasteiger charge is -2.06. The summed E-state index contributed by atoms with van der Waals surface area (Å²) in [4.78, 5) is 0. The minimum atomic E-state index is 0.190. The van der Waals surface area contributed by atoms with E-state index in [1.54, 1.807) is 0 Å². The topological polar surface area (TPSA) is 38.7 Å². The Bertz CT molecular complexity index is 429. The van der Waals surface area contributed by atoms with Gasteiger partial charge >= 0.3 is 0 Å². The Hall–Kier alpha value is -1.66. The van der Waals surface area contributed by atoms with E-state index in [0.29, 0.717) is 19.6 Å². The molecule has 3 nitrogen and oxygen atoms in total. The highest BCUT2D eigenvalue weighted by Crippen LogP contribution is 2.30. The first-order valence-electron chi connectivity index (χ1n) is 5.89. The Kier molecular flexibility index (Phi) is 4.29. The van der Waals surface area contributed by atoms with Crippen molar-refractivity contribution in [3.8, 4) is 23.3 Å². The summed E-state index contributed by atoms with van der Waals surface area (Å²) >= 11 is 0. The molecule has 0 aromatic heterocycles. The van der Waals surface area contributed by atoms with Crippen molar-refractivity contribution >= 4 is 0 Å². The highest BCUT2D eigenvalue weighted by atomic mass is 16.5. The number of unbranched alkanes of at least 4 members (excludes halogenated alkanes) is 1. The van der Waals surface area contributed by atoms with Crippen molar-refractivity contribution in [2.75, 3.05) is 19.8 Å². The summed E-state index contributed by atoms with van der Waals surface area (Å²) in [5, 5.41) is 8.65. The average molecular weight is 232 g/mol. The van der Waals surface area contributed by atoms with Gasteiger partial charge in [0, 0.05) is 25.0 Å². The van der Waals surface area contributed by atoms with Gasteiger partial charge in [0.25, 0.3) is 0 Å². The van der Waals surface area contributed by atoms with Crippen LogP contribution in [0.1, 0.15) is 24.8 Å². The lowest BCUT2D eigenvalue weighted by atomic mass is 10.2. The molecule has 1 aromatic carbocycles. The van der Waals surface area contributed by atoms with Crippen LogP contribution in [0.25, 0.3) is 0 Å². The van der Waals surface area contributed by atoms with E-state index in [9.17, 15) is 0 Å². The van der Waals surface area contributed by atoms with Gasteiger partial charge in [0.05, 0.1) is 13.2 Å². The Morgan fingerprint density at radius 1 is 1.18 bits per heavy atom. The quantitative estimate of drug-likeness (QED) is 0.626. The first-order chi connectivity index (χ1) is 8.40. The highest BCUT2D eigenvalue weighted by Gasteiger charge is 2.09. The number of benzene rings is 1. The monoisotopic (exact) mass is 232 g/mol. The van der Waals surface area contributed by atoms with Crippen LogP contribution in [0.3, 0.4) is 0 Å². The molecule has 90 valence electrons. The van der Waals surface area contributed by atoms with Crippen LogP contribution in [-0.2, 0) is 0 Å². The minimum Gasteiger partial charge on any atom is -0.490 e. The zero-order chi connectivity index (χ0) is 11.9. The second-order valence-corrected chi connectivity index (χ2v) is 3.84. The van der Waals surface area contributed by atoms with Gasteiger partial charge in [0.15, 0.2) is 11.5 Å². The van der Waals surface area contributed by atoms with Crippen molar-refractivity contribution < 1.29 is 14.6 Å². The molecular formula is C14H16O3. The van der Waals surface area contributed by atoms with Gasteiger partial charge in [0.1, 0.15) is 0 Å². The normalized spacial score (nSPS) is 13.5. The minimum absolute atomic E-state index is 0.190. The predicted octanol–water partition coefficient (Wildman–Crippen LogP) is 1.97. The molecule has 0 fully saturated rings. The Balaban J connectivity index is 2.08. The van der Waals surface area contributed by atoms with Crippen LogP contribution in [0.4, 0.5) is 0 Å². The molecular weight excluding hydrogens is 216 g/mol. The zero-order valence-corrected chi connectivity index (χ0v) is 9.74. The van der Waals surface area contributed by atoms with E-state index in [4.69, 9.17) is 14.6 Å². The molecule has 1 N–H and O–H groups in total. The lowest BCUT2D eigenvalue weighted by molar-refractivity contribution is 0.290. The number of ether oxygens (including phenoxy) is 2. The highest BCUT2D eigenvalue weighted by molar-refractivity contribution is 5.48. The molecule has 0 aliphatic carbocycles. The number of fused-ring (bicyclic) bond motifs is 1. The molecule has 1 aliphatic rings. The average Bonchev–Trinajstić information content (AvgIpc) is 2.59. The summed E-state index contributed by atoms with van der Waals surface area (Å²) in [5.74, 6) is 7.64. The summed E-state index contributed by atoms with van der Waals surface area (Å²) in [5.41, 5.74) is 0.923. The van der Waals surface area contributed by atoms with E-state index in [1.807, 2.05) is 18.2 Å². The fourth-order valence-corrected chi connectivity index (χ4v) is 1.57. The van der Waals surface area contributed by atoms with E-state index < -0.39 is 0 Å². The molecule has 0 unspecified atom stereocenters. The predicted molar refractivity (Wildman–Crippen MR) is 65.2 cm³/mol. The van der Waals surface area contributed by atoms with Crippen molar-refractivity contribution in [3.05, 3.63) is 23.8 Å². The van der Waals surface area contributed by atoms with E-state index in [-0.39, 0.29) is 6.61 Å². The third-order valence-electron chi connectivity index (χ3n) is 2.44. The SMILES string of the molecule is OCCCC#Cc1ccc2c(c1)OCCCO2. The maximum absolute atomic E-state index is 8.65. The van der Waals surface area contributed by atoms with Crippen molar-refractivity contribution in [2.45, 2.75) is 19.3 Å². The zero-order valence-electron chi connectivity index (χ0n) is 9.74. The molecule has 1 aliphatic heterocycles. The molecule has 3 heteroatoms. The third kappa shape index (κ3) is 3.40. The van der Waals surface area contributed by atoms with Gasteiger partial charge < -0.3 is 14.6 Å². The van der Waals surface area contributed by atoms with Crippen LogP contribution < -0.4 is 9.47 Å². The fourth-order valence-electron chi connectivity index (χ4n) is 1.57.